The smallest absolute Gasteiger partial charge is 0.325 e. The number of carbonyl (C=O) groups excluding carboxylic acids is 2. The third kappa shape index (κ3) is 3.51. The van der Waals surface area contributed by atoms with Gasteiger partial charge in [-0.25, -0.2) is 4.79 Å². The zero-order valence-corrected chi connectivity index (χ0v) is 17.2. The van der Waals surface area contributed by atoms with Crippen LogP contribution in [0, 0.1) is 0 Å². The number of aromatic nitrogens is 2. The van der Waals surface area contributed by atoms with Crippen LogP contribution in [0.1, 0.15) is 17.0 Å². The Kier molecular flexibility index (Phi) is 4.83. The number of thiophene rings is 1. The molecule has 3 heterocycles. The second-order valence-electron chi connectivity index (χ2n) is 7.24. The van der Waals surface area contributed by atoms with Crippen molar-refractivity contribution >= 4 is 23.3 Å². The van der Waals surface area contributed by atoms with Crippen LogP contribution in [0.5, 0.6) is 0 Å². The van der Waals surface area contributed by atoms with Crippen LogP contribution >= 0.6 is 11.3 Å². The predicted octanol–water partition coefficient (Wildman–Crippen LogP) is 3.99. The topological polar surface area (TPSA) is 88.3 Å². The number of nitrogens with one attached hydrogen (secondary N) is 1. The molecule has 0 saturated carbocycles. The summed E-state index contributed by atoms with van der Waals surface area (Å²) in [5.41, 5.74) is 0.472. The minimum atomic E-state index is -1.20. The Labute approximate surface area is 182 Å². The highest BCUT2D eigenvalue weighted by molar-refractivity contribution is 7.13. The number of carbonyl (C=O) groups is 2. The number of rotatable bonds is 6. The molecule has 0 spiro atoms. The maximum Gasteiger partial charge on any atom is 0.325 e. The Morgan fingerprint density at radius 2 is 1.71 bits per heavy atom. The fourth-order valence-corrected chi connectivity index (χ4v) is 4.42. The lowest BCUT2D eigenvalue weighted by atomic mass is 9.83. The molecule has 1 fully saturated rings. The third-order valence-corrected chi connectivity index (χ3v) is 6.12. The Hall–Kier alpha value is -3.78. The summed E-state index contributed by atoms with van der Waals surface area (Å²) in [5, 5.41) is 8.82. The molecule has 1 saturated heterocycles. The molecule has 3 amide bonds. The standard InChI is InChI=1S/C23H18N4O3S/c28-21-23(17-10-5-2-6-11-17,14-16-8-3-1-4-9-16)25-22(29)27(21)15-19-24-20(26-30-19)18-12-7-13-31-18/h1-13H,14-15H2,(H,25,29)/t23-/m0/s1. The largest absolute Gasteiger partial charge is 0.337 e. The van der Waals surface area contributed by atoms with Gasteiger partial charge in [0.1, 0.15) is 6.54 Å². The van der Waals surface area contributed by atoms with Gasteiger partial charge in [0.05, 0.1) is 4.88 Å². The van der Waals surface area contributed by atoms with Crippen LogP contribution in [0.25, 0.3) is 10.7 Å². The summed E-state index contributed by atoms with van der Waals surface area (Å²) >= 11 is 1.49. The van der Waals surface area contributed by atoms with E-state index in [9.17, 15) is 9.59 Å². The van der Waals surface area contributed by atoms with Crippen LogP contribution in [-0.4, -0.2) is 27.0 Å². The Morgan fingerprint density at radius 1 is 0.968 bits per heavy atom. The van der Waals surface area contributed by atoms with Gasteiger partial charge in [-0.05, 0) is 22.6 Å². The van der Waals surface area contributed by atoms with Crippen LogP contribution in [0.15, 0.2) is 82.7 Å². The average molecular weight is 430 g/mol. The van der Waals surface area contributed by atoms with Gasteiger partial charge in [0, 0.05) is 6.42 Å². The molecule has 1 aliphatic rings. The molecule has 2 aromatic heterocycles. The van der Waals surface area contributed by atoms with E-state index < -0.39 is 11.6 Å². The van der Waals surface area contributed by atoms with E-state index in [2.05, 4.69) is 15.5 Å². The highest BCUT2D eigenvalue weighted by atomic mass is 32.1. The lowest BCUT2D eigenvalue weighted by Gasteiger charge is -2.27. The van der Waals surface area contributed by atoms with Crippen molar-refractivity contribution in [3.05, 3.63) is 95.2 Å². The first-order valence-electron chi connectivity index (χ1n) is 9.76. The number of urea groups is 1. The maximum absolute atomic E-state index is 13.6. The van der Waals surface area contributed by atoms with Gasteiger partial charge in [0.25, 0.3) is 5.91 Å². The minimum Gasteiger partial charge on any atom is -0.337 e. The van der Waals surface area contributed by atoms with E-state index in [-0.39, 0.29) is 18.3 Å². The van der Waals surface area contributed by atoms with Gasteiger partial charge in [-0.3, -0.25) is 9.69 Å². The van der Waals surface area contributed by atoms with Crippen LogP contribution in [0.4, 0.5) is 4.79 Å². The number of hydrogen-bond donors (Lipinski definition) is 1. The molecule has 0 bridgehead atoms. The van der Waals surface area contributed by atoms with Crippen molar-refractivity contribution in [2.45, 2.75) is 18.5 Å². The molecule has 1 aliphatic heterocycles. The fraction of sp³-hybridized carbons (Fsp3) is 0.130. The van der Waals surface area contributed by atoms with Crippen LogP contribution in [0.2, 0.25) is 0 Å². The molecule has 0 radical (unpaired) electrons. The van der Waals surface area contributed by atoms with Gasteiger partial charge in [0.15, 0.2) is 5.54 Å². The lowest BCUT2D eigenvalue weighted by molar-refractivity contribution is -0.132. The molecule has 1 N–H and O–H groups in total. The number of hydrogen-bond acceptors (Lipinski definition) is 6. The van der Waals surface area contributed by atoms with E-state index >= 15 is 0 Å². The molecule has 31 heavy (non-hydrogen) atoms. The zero-order valence-electron chi connectivity index (χ0n) is 16.4. The monoisotopic (exact) mass is 430 g/mol. The van der Waals surface area contributed by atoms with Crippen molar-refractivity contribution in [1.82, 2.24) is 20.4 Å². The summed E-state index contributed by atoms with van der Waals surface area (Å²) in [7, 11) is 0. The zero-order chi connectivity index (χ0) is 21.3. The van der Waals surface area contributed by atoms with Crippen molar-refractivity contribution in [3.8, 4) is 10.7 Å². The second-order valence-corrected chi connectivity index (χ2v) is 8.19. The molecule has 0 unspecified atom stereocenters. The highest BCUT2D eigenvalue weighted by Crippen LogP contribution is 2.34. The minimum absolute atomic E-state index is 0.0909. The van der Waals surface area contributed by atoms with Crippen molar-refractivity contribution in [3.63, 3.8) is 0 Å². The maximum atomic E-state index is 13.6. The third-order valence-electron chi connectivity index (χ3n) is 5.26. The van der Waals surface area contributed by atoms with Crippen molar-refractivity contribution in [2.24, 2.45) is 0 Å². The molecular weight excluding hydrogens is 412 g/mol. The molecule has 154 valence electrons. The van der Waals surface area contributed by atoms with Gasteiger partial charge >= 0.3 is 6.03 Å². The lowest BCUT2D eigenvalue weighted by Crippen LogP contribution is -2.46. The van der Waals surface area contributed by atoms with E-state index in [0.29, 0.717) is 12.2 Å². The van der Waals surface area contributed by atoms with Crippen molar-refractivity contribution < 1.29 is 14.1 Å². The first-order valence-corrected chi connectivity index (χ1v) is 10.6. The fourth-order valence-electron chi connectivity index (χ4n) is 3.77. The first-order chi connectivity index (χ1) is 15.2. The van der Waals surface area contributed by atoms with Gasteiger partial charge in [-0.15, -0.1) is 11.3 Å². The van der Waals surface area contributed by atoms with E-state index in [1.165, 1.54) is 11.3 Å². The van der Waals surface area contributed by atoms with Gasteiger partial charge < -0.3 is 9.84 Å². The van der Waals surface area contributed by atoms with E-state index in [0.717, 1.165) is 20.9 Å². The van der Waals surface area contributed by atoms with Crippen LogP contribution < -0.4 is 5.32 Å². The van der Waals surface area contributed by atoms with Gasteiger partial charge in [-0.1, -0.05) is 71.9 Å². The highest BCUT2D eigenvalue weighted by Gasteiger charge is 2.52. The molecule has 8 heteroatoms. The SMILES string of the molecule is O=C1N[C@@](Cc2ccccc2)(c2ccccc2)C(=O)N1Cc1nc(-c2cccs2)no1. The van der Waals surface area contributed by atoms with Crippen molar-refractivity contribution in [1.29, 1.82) is 0 Å². The Balaban J connectivity index is 1.47. The first kappa shape index (κ1) is 19.2. The quantitative estimate of drug-likeness (QED) is 0.467. The normalized spacial score (nSPS) is 18.4. The number of amides is 3. The number of nitrogens with zero attached hydrogens (tertiary/aromatic N) is 3. The summed E-state index contributed by atoms with van der Waals surface area (Å²) in [5.74, 6) is 0.301. The Morgan fingerprint density at radius 3 is 2.42 bits per heavy atom. The van der Waals surface area contributed by atoms with Crippen molar-refractivity contribution in [2.75, 3.05) is 0 Å². The molecule has 7 nitrogen and oxygen atoms in total. The predicted molar refractivity (Wildman–Crippen MR) is 115 cm³/mol. The summed E-state index contributed by atoms with van der Waals surface area (Å²) < 4.78 is 5.31. The van der Waals surface area contributed by atoms with E-state index in [4.69, 9.17) is 4.52 Å². The average Bonchev–Trinajstić information content (AvgIpc) is 3.53. The number of benzene rings is 2. The van der Waals surface area contributed by atoms with Gasteiger partial charge in [-0.2, -0.15) is 4.98 Å². The van der Waals surface area contributed by atoms with Crippen LogP contribution in [-0.2, 0) is 23.3 Å². The number of imide groups is 1. The molecule has 0 aliphatic carbocycles. The van der Waals surface area contributed by atoms with E-state index in [1.54, 1.807) is 0 Å². The molecule has 5 rings (SSSR count). The molecule has 2 aromatic carbocycles. The summed E-state index contributed by atoms with van der Waals surface area (Å²) in [6, 6.07) is 22.2. The second kappa shape index (κ2) is 7.81. The van der Waals surface area contributed by atoms with Crippen LogP contribution in [0.3, 0.4) is 0 Å². The summed E-state index contributed by atoms with van der Waals surface area (Å²) in [4.78, 5) is 32.9. The summed E-state index contributed by atoms with van der Waals surface area (Å²) in [6.45, 7) is -0.0909. The Bertz CT molecular complexity index is 1210. The molecular formula is C23H18N4O3S. The van der Waals surface area contributed by atoms with Gasteiger partial charge in [0.2, 0.25) is 11.7 Å². The summed E-state index contributed by atoms with van der Waals surface area (Å²) in [6.07, 6.45) is 0.337. The van der Waals surface area contributed by atoms with E-state index in [1.807, 2.05) is 78.2 Å². The molecule has 4 aromatic rings. The molecule has 1 atom stereocenters.